The zero-order valence-corrected chi connectivity index (χ0v) is 23.3. The third-order valence-corrected chi connectivity index (χ3v) is 9.67. The second kappa shape index (κ2) is 11.7. The van der Waals surface area contributed by atoms with Crippen LogP contribution in [-0.2, 0) is 30.6 Å². The van der Waals surface area contributed by atoms with Crippen LogP contribution in [-0.4, -0.2) is 53.3 Å². The molecule has 2 N–H and O–H groups in total. The predicted molar refractivity (Wildman–Crippen MR) is 140 cm³/mol. The molecule has 1 unspecified atom stereocenters. The molecule has 1 amide bonds. The summed E-state index contributed by atoms with van der Waals surface area (Å²) in [7, 11) is -6.14. The second-order valence-electron chi connectivity index (χ2n) is 8.82. The van der Waals surface area contributed by atoms with E-state index in [-0.39, 0.29) is 46.2 Å². The van der Waals surface area contributed by atoms with Crippen molar-refractivity contribution in [3.63, 3.8) is 0 Å². The van der Waals surface area contributed by atoms with Crippen LogP contribution in [0.4, 0.5) is 5.69 Å². The van der Waals surface area contributed by atoms with Crippen molar-refractivity contribution in [3.8, 4) is 5.75 Å². The molecule has 2 aromatic rings. The van der Waals surface area contributed by atoms with Crippen molar-refractivity contribution in [2.75, 3.05) is 25.5 Å². The molecule has 13 heteroatoms. The number of benzene rings is 2. The lowest BCUT2D eigenvalue weighted by molar-refractivity contribution is -0.120. The number of nitrogens with zero attached hydrogens (tertiary/aromatic N) is 1. The molecule has 1 aliphatic heterocycles. The molecule has 198 valence electrons. The van der Waals surface area contributed by atoms with Gasteiger partial charge in [0, 0.05) is 29.2 Å². The van der Waals surface area contributed by atoms with Crippen LogP contribution in [0.3, 0.4) is 0 Å². The fourth-order valence-electron chi connectivity index (χ4n) is 3.90. The minimum atomic E-state index is -3.80. The van der Waals surface area contributed by atoms with Crippen LogP contribution in [0.15, 0.2) is 41.3 Å². The first-order chi connectivity index (χ1) is 16.8. The van der Waals surface area contributed by atoms with Gasteiger partial charge in [-0.05, 0) is 62.6 Å². The number of halogens is 2. The summed E-state index contributed by atoms with van der Waals surface area (Å²) in [4.78, 5) is 13.1. The molecule has 0 radical (unpaired) electrons. The Morgan fingerprint density at radius 1 is 1.14 bits per heavy atom. The van der Waals surface area contributed by atoms with E-state index in [1.807, 2.05) is 0 Å². The number of methoxy groups -OCH3 is 1. The van der Waals surface area contributed by atoms with Crippen molar-refractivity contribution in [1.82, 2.24) is 9.03 Å². The molecule has 0 aliphatic carbocycles. The highest BCUT2D eigenvalue weighted by Gasteiger charge is 2.33. The first kappa shape index (κ1) is 28.7. The Balaban J connectivity index is 1.76. The van der Waals surface area contributed by atoms with Crippen LogP contribution in [0.25, 0.3) is 0 Å². The average molecular weight is 579 g/mol. The Morgan fingerprint density at radius 2 is 1.86 bits per heavy atom. The molecule has 3 rings (SSSR count). The number of hydrogen-bond acceptors (Lipinski definition) is 6. The summed E-state index contributed by atoms with van der Waals surface area (Å²) < 4.78 is 60.4. The zero-order chi connectivity index (χ0) is 26.7. The van der Waals surface area contributed by atoms with E-state index in [4.69, 9.17) is 27.9 Å². The van der Waals surface area contributed by atoms with Crippen LogP contribution >= 0.6 is 23.2 Å². The van der Waals surface area contributed by atoms with Crippen molar-refractivity contribution in [3.05, 3.63) is 52.0 Å². The Kier molecular flexibility index (Phi) is 9.29. The third kappa shape index (κ3) is 7.11. The van der Waals surface area contributed by atoms with E-state index in [1.165, 1.54) is 35.7 Å². The lowest BCUT2D eigenvalue weighted by Gasteiger charge is -2.31. The summed E-state index contributed by atoms with van der Waals surface area (Å²) in [5, 5.41) is 3.38. The number of rotatable bonds is 9. The summed E-state index contributed by atoms with van der Waals surface area (Å²) in [6.07, 6.45) is 0.976. The molecular weight excluding hydrogens is 549 g/mol. The fraction of sp³-hybridized carbons (Fsp3) is 0.435. The first-order valence-electron chi connectivity index (χ1n) is 11.3. The van der Waals surface area contributed by atoms with Gasteiger partial charge in [-0.2, -0.15) is 0 Å². The third-order valence-electron chi connectivity index (χ3n) is 5.63. The highest BCUT2D eigenvalue weighted by atomic mass is 35.5. The molecular formula is C23H29Cl2N3O6S2. The number of nitrogens with one attached hydrogen (secondary N) is 2. The van der Waals surface area contributed by atoms with E-state index in [0.717, 1.165) is 0 Å². The topological polar surface area (TPSA) is 122 Å². The van der Waals surface area contributed by atoms with E-state index in [0.29, 0.717) is 23.4 Å². The van der Waals surface area contributed by atoms with Gasteiger partial charge in [0.25, 0.3) is 0 Å². The van der Waals surface area contributed by atoms with Crippen LogP contribution in [0, 0.1) is 5.92 Å². The number of amides is 1. The van der Waals surface area contributed by atoms with Gasteiger partial charge in [-0.3, -0.25) is 4.79 Å². The summed E-state index contributed by atoms with van der Waals surface area (Å²) in [5.74, 6) is -1.09. The van der Waals surface area contributed by atoms with E-state index in [1.54, 1.807) is 26.0 Å². The van der Waals surface area contributed by atoms with Gasteiger partial charge in [0.15, 0.2) is 0 Å². The van der Waals surface area contributed by atoms with Crippen molar-refractivity contribution >= 4 is 54.8 Å². The molecule has 1 heterocycles. The lowest BCUT2D eigenvalue weighted by Crippen LogP contribution is -2.44. The van der Waals surface area contributed by atoms with E-state index < -0.39 is 31.9 Å². The maximum absolute atomic E-state index is 13.1. The molecule has 36 heavy (non-hydrogen) atoms. The summed E-state index contributed by atoms with van der Waals surface area (Å²) in [5.41, 5.74) is 0.604. The number of hydrogen-bond donors (Lipinski definition) is 2. The lowest BCUT2D eigenvalue weighted by atomic mass is 9.98. The second-order valence-corrected chi connectivity index (χ2v) is 13.3. The van der Waals surface area contributed by atoms with Gasteiger partial charge < -0.3 is 10.1 Å². The predicted octanol–water partition coefficient (Wildman–Crippen LogP) is 3.87. The van der Waals surface area contributed by atoms with E-state index in [9.17, 15) is 21.6 Å². The molecule has 0 spiro atoms. The van der Waals surface area contributed by atoms with Gasteiger partial charge >= 0.3 is 0 Å². The molecule has 1 saturated heterocycles. The summed E-state index contributed by atoms with van der Waals surface area (Å²) in [6.45, 7) is 3.69. The standard InChI is InChI=1S/C23H29Cl2N3O6S2/c1-15(2)27-36(32,33)19-8-9-22(34-3)21(12-19)26-23(29)16-5-4-10-28(13-16)35(30,31)14-17-6-7-18(24)11-20(17)25/h6-9,11-12,15-16,27H,4-5,10,13-14H2,1-3H3,(H,26,29). The SMILES string of the molecule is COc1ccc(S(=O)(=O)NC(C)C)cc1NC(=O)C1CCCN(S(=O)(=O)Cc2ccc(Cl)cc2Cl)C1. The Bertz CT molecular complexity index is 1330. The molecule has 1 atom stereocenters. The summed E-state index contributed by atoms with van der Waals surface area (Å²) in [6, 6.07) is 8.47. The average Bonchev–Trinajstić information content (AvgIpc) is 2.80. The Labute approximate surface area is 222 Å². The van der Waals surface area contributed by atoms with Gasteiger partial charge in [0.1, 0.15) is 5.75 Å². The molecule has 0 aromatic heterocycles. The van der Waals surface area contributed by atoms with Gasteiger partial charge in [-0.25, -0.2) is 25.9 Å². The van der Waals surface area contributed by atoms with Crippen LogP contribution in [0.5, 0.6) is 5.75 Å². The van der Waals surface area contributed by atoms with Crippen LogP contribution in [0.2, 0.25) is 10.0 Å². The largest absolute Gasteiger partial charge is 0.495 e. The van der Waals surface area contributed by atoms with Crippen molar-refractivity contribution in [1.29, 1.82) is 0 Å². The highest BCUT2D eigenvalue weighted by molar-refractivity contribution is 7.89. The van der Waals surface area contributed by atoms with Gasteiger partial charge in [-0.15, -0.1) is 0 Å². The highest BCUT2D eigenvalue weighted by Crippen LogP contribution is 2.30. The van der Waals surface area contributed by atoms with E-state index >= 15 is 0 Å². The molecule has 0 bridgehead atoms. The van der Waals surface area contributed by atoms with Crippen LogP contribution < -0.4 is 14.8 Å². The first-order valence-corrected chi connectivity index (χ1v) is 15.1. The summed E-state index contributed by atoms with van der Waals surface area (Å²) >= 11 is 12.1. The van der Waals surface area contributed by atoms with Crippen molar-refractivity contribution in [2.45, 2.75) is 43.4 Å². The number of carbonyl (C=O) groups excluding carboxylic acids is 1. The minimum Gasteiger partial charge on any atom is -0.495 e. The quantitative estimate of drug-likeness (QED) is 0.466. The number of ether oxygens (including phenoxy) is 1. The van der Waals surface area contributed by atoms with Crippen molar-refractivity contribution < 1.29 is 26.4 Å². The Hall–Kier alpha value is -1.89. The number of carbonyl (C=O) groups is 1. The fourth-order valence-corrected chi connectivity index (χ4v) is 7.37. The molecule has 1 fully saturated rings. The van der Waals surface area contributed by atoms with Gasteiger partial charge in [-0.1, -0.05) is 29.3 Å². The van der Waals surface area contributed by atoms with Crippen molar-refractivity contribution in [2.24, 2.45) is 5.92 Å². The van der Waals surface area contributed by atoms with E-state index in [2.05, 4.69) is 10.0 Å². The number of sulfonamides is 2. The maximum atomic E-state index is 13.1. The van der Waals surface area contributed by atoms with Gasteiger partial charge in [0.2, 0.25) is 26.0 Å². The number of piperidine rings is 1. The van der Waals surface area contributed by atoms with Crippen LogP contribution in [0.1, 0.15) is 32.3 Å². The molecule has 2 aromatic carbocycles. The zero-order valence-electron chi connectivity index (χ0n) is 20.1. The Morgan fingerprint density at radius 3 is 2.50 bits per heavy atom. The number of anilines is 1. The van der Waals surface area contributed by atoms with Gasteiger partial charge in [0.05, 0.1) is 29.4 Å². The molecule has 9 nitrogen and oxygen atoms in total. The smallest absolute Gasteiger partial charge is 0.240 e. The normalized spacial score (nSPS) is 17.2. The maximum Gasteiger partial charge on any atom is 0.240 e. The molecule has 0 saturated carbocycles. The monoisotopic (exact) mass is 577 g/mol. The molecule has 1 aliphatic rings. The minimum absolute atomic E-state index is 0.00537.